The minimum atomic E-state index is -0.499. The van der Waals surface area contributed by atoms with Crippen LogP contribution in [0, 0.1) is 0 Å². The number of allylic oxidation sites excluding steroid dienone is 1. The van der Waals surface area contributed by atoms with Crippen LogP contribution in [-0.4, -0.2) is 32.8 Å². The number of rotatable bonds is 7. The van der Waals surface area contributed by atoms with Crippen molar-refractivity contribution in [1.82, 2.24) is 19.7 Å². The summed E-state index contributed by atoms with van der Waals surface area (Å²) in [7, 11) is 1.57. The van der Waals surface area contributed by atoms with E-state index in [1.165, 1.54) is 11.8 Å². The normalized spacial score (nSPS) is 14.7. The molecule has 2 aromatic carbocycles. The monoisotopic (exact) mass is 518 g/mol. The van der Waals surface area contributed by atoms with E-state index in [-0.39, 0.29) is 5.91 Å². The summed E-state index contributed by atoms with van der Waals surface area (Å²) in [6, 6.07) is 18.3. The molecule has 0 unspecified atom stereocenters. The fourth-order valence-corrected chi connectivity index (χ4v) is 5.15. The zero-order valence-electron chi connectivity index (χ0n) is 19.6. The minimum absolute atomic E-state index is 0.266. The van der Waals surface area contributed by atoms with Crippen LogP contribution in [0.1, 0.15) is 24.1 Å². The summed E-state index contributed by atoms with van der Waals surface area (Å²) < 4.78 is 7.15. The summed E-state index contributed by atoms with van der Waals surface area (Å²) in [4.78, 5) is 22.5. The van der Waals surface area contributed by atoms with Crippen LogP contribution in [0.25, 0.3) is 0 Å². The second-order valence-electron chi connectivity index (χ2n) is 8.04. The number of amides is 1. The van der Waals surface area contributed by atoms with Crippen molar-refractivity contribution in [2.75, 3.05) is 17.7 Å². The number of thioether (sulfide) groups is 1. The Labute approximate surface area is 217 Å². The standard InChI is InChI=1S/C26H23ClN6O2S/c1-16-22(24(34)30-20-9-5-6-10-21(20)35-2)23(17-11-13-28-14-12-17)33-25(29-16)31-26(32-33)36-15-18-7-3-4-8-19(18)27/h3-14,23H,15H2,1-2H3,(H,30,34)(H,29,31,32)/t23-/m1/s1. The van der Waals surface area contributed by atoms with Gasteiger partial charge >= 0.3 is 0 Å². The highest BCUT2D eigenvalue weighted by Gasteiger charge is 2.34. The average Bonchev–Trinajstić information content (AvgIpc) is 3.30. The van der Waals surface area contributed by atoms with E-state index in [2.05, 4.69) is 20.6 Å². The number of fused-ring (bicyclic) bond motifs is 1. The summed E-state index contributed by atoms with van der Waals surface area (Å²) >= 11 is 7.80. The first-order valence-electron chi connectivity index (χ1n) is 11.2. The lowest BCUT2D eigenvalue weighted by Crippen LogP contribution is -2.31. The van der Waals surface area contributed by atoms with Crippen molar-refractivity contribution in [3.05, 3.63) is 100 Å². The topological polar surface area (TPSA) is 94.0 Å². The molecule has 3 heterocycles. The van der Waals surface area contributed by atoms with Gasteiger partial charge in [-0.25, -0.2) is 4.68 Å². The van der Waals surface area contributed by atoms with Crippen molar-refractivity contribution in [2.45, 2.75) is 23.9 Å². The molecule has 0 spiro atoms. The number of para-hydroxylation sites is 2. The minimum Gasteiger partial charge on any atom is -0.495 e. The summed E-state index contributed by atoms with van der Waals surface area (Å²) in [6.07, 6.45) is 3.40. The molecule has 36 heavy (non-hydrogen) atoms. The zero-order chi connectivity index (χ0) is 25.1. The lowest BCUT2D eigenvalue weighted by atomic mass is 9.96. The van der Waals surface area contributed by atoms with E-state index in [1.807, 2.05) is 55.5 Å². The van der Waals surface area contributed by atoms with Crippen LogP contribution in [0.3, 0.4) is 0 Å². The number of benzene rings is 2. The fraction of sp³-hybridized carbons (Fsp3) is 0.154. The molecule has 0 saturated heterocycles. The van der Waals surface area contributed by atoms with Crippen molar-refractivity contribution >= 4 is 40.9 Å². The summed E-state index contributed by atoms with van der Waals surface area (Å²) in [5, 5.41) is 12.3. The maximum absolute atomic E-state index is 13.6. The Morgan fingerprint density at radius 2 is 1.89 bits per heavy atom. The molecule has 0 fully saturated rings. The molecule has 1 amide bonds. The Kier molecular flexibility index (Phi) is 6.92. The number of methoxy groups -OCH3 is 1. The van der Waals surface area contributed by atoms with E-state index in [0.717, 1.165) is 11.1 Å². The quantitative estimate of drug-likeness (QED) is 0.309. The van der Waals surface area contributed by atoms with E-state index in [0.29, 0.717) is 44.6 Å². The number of aromatic nitrogens is 4. The van der Waals surface area contributed by atoms with Crippen molar-refractivity contribution in [3.63, 3.8) is 0 Å². The van der Waals surface area contributed by atoms with Gasteiger partial charge in [-0.1, -0.05) is 53.7 Å². The van der Waals surface area contributed by atoms with E-state index in [1.54, 1.807) is 36.3 Å². The van der Waals surface area contributed by atoms with Crippen molar-refractivity contribution < 1.29 is 9.53 Å². The average molecular weight is 519 g/mol. The Morgan fingerprint density at radius 1 is 1.14 bits per heavy atom. The largest absolute Gasteiger partial charge is 0.495 e. The number of hydrogen-bond acceptors (Lipinski definition) is 7. The van der Waals surface area contributed by atoms with Crippen molar-refractivity contribution in [1.29, 1.82) is 0 Å². The SMILES string of the molecule is COc1ccccc1NC(=O)C1=C(C)Nc2nc(SCc3ccccc3Cl)nn2[C@@H]1c1ccncc1. The van der Waals surface area contributed by atoms with Gasteiger partial charge in [0.25, 0.3) is 5.91 Å². The Bertz CT molecular complexity index is 1440. The molecule has 0 saturated carbocycles. The Hall–Kier alpha value is -3.82. The van der Waals surface area contributed by atoms with Gasteiger partial charge in [0.2, 0.25) is 11.1 Å². The molecule has 5 rings (SSSR count). The zero-order valence-corrected chi connectivity index (χ0v) is 21.2. The van der Waals surface area contributed by atoms with Gasteiger partial charge in [-0.05, 0) is 48.4 Å². The molecule has 0 aliphatic carbocycles. The molecule has 0 bridgehead atoms. The molecule has 0 radical (unpaired) electrons. The van der Waals surface area contributed by atoms with Crippen LogP contribution in [0.5, 0.6) is 5.75 Å². The molecule has 2 N–H and O–H groups in total. The maximum Gasteiger partial charge on any atom is 0.255 e. The second kappa shape index (κ2) is 10.4. The van der Waals surface area contributed by atoms with Gasteiger partial charge in [-0.2, -0.15) is 4.98 Å². The number of carbonyl (C=O) groups is 1. The molecular weight excluding hydrogens is 496 g/mol. The Balaban J connectivity index is 1.48. The smallest absolute Gasteiger partial charge is 0.255 e. The van der Waals surface area contributed by atoms with E-state index in [4.69, 9.17) is 21.4 Å². The third-order valence-corrected chi connectivity index (χ3v) is 7.02. The first kappa shape index (κ1) is 23.9. The first-order chi connectivity index (χ1) is 17.5. The van der Waals surface area contributed by atoms with Gasteiger partial charge in [0.15, 0.2) is 0 Å². The Morgan fingerprint density at radius 3 is 2.67 bits per heavy atom. The van der Waals surface area contributed by atoms with Gasteiger partial charge in [-0.15, -0.1) is 5.10 Å². The predicted octanol–water partition coefficient (Wildman–Crippen LogP) is 5.56. The highest BCUT2D eigenvalue weighted by atomic mass is 35.5. The number of nitrogens with one attached hydrogen (secondary N) is 2. The number of ether oxygens (including phenoxy) is 1. The fourth-order valence-electron chi connectivity index (χ4n) is 4.04. The van der Waals surface area contributed by atoms with Crippen LogP contribution >= 0.6 is 23.4 Å². The van der Waals surface area contributed by atoms with E-state index < -0.39 is 6.04 Å². The molecule has 182 valence electrons. The first-order valence-corrected chi connectivity index (χ1v) is 12.6. The number of pyridine rings is 1. The molecule has 1 aliphatic heterocycles. The summed E-state index contributed by atoms with van der Waals surface area (Å²) in [5.74, 6) is 1.49. The maximum atomic E-state index is 13.6. The number of halogens is 1. The van der Waals surface area contributed by atoms with Gasteiger partial charge in [0, 0.05) is 28.9 Å². The van der Waals surface area contributed by atoms with Gasteiger partial charge in [0.1, 0.15) is 11.8 Å². The lowest BCUT2D eigenvalue weighted by molar-refractivity contribution is -0.113. The lowest BCUT2D eigenvalue weighted by Gasteiger charge is -2.28. The third-order valence-electron chi connectivity index (χ3n) is 5.77. The van der Waals surface area contributed by atoms with Crippen LogP contribution in [-0.2, 0) is 10.5 Å². The second-order valence-corrected chi connectivity index (χ2v) is 9.39. The predicted molar refractivity (Wildman–Crippen MR) is 141 cm³/mol. The van der Waals surface area contributed by atoms with Gasteiger partial charge in [0.05, 0.1) is 18.4 Å². The van der Waals surface area contributed by atoms with Crippen molar-refractivity contribution in [2.24, 2.45) is 0 Å². The van der Waals surface area contributed by atoms with Crippen LogP contribution in [0.4, 0.5) is 11.6 Å². The third kappa shape index (κ3) is 4.80. The molecule has 1 atom stereocenters. The van der Waals surface area contributed by atoms with Gasteiger partial charge < -0.3 is 15.4 Å². The molecule has 2 aromatic heterocycles. The number of hydrogen-bond donors (Lipinski definition) is 2. The number of carbonyl (C=O) groups excluding carboxylic acids is 1. The number of nitrogens with zero attached hydrogens (tertiary/aromatic N) is 4. The molecule has 10 heteroatoms. The van der Waals surface area contributed by atoms with Crippen molar-refractivity contribution in [3.8, 4) is 5.75 Å². The number of anilines is 2. The summed E-state index contributed by atoms with van der Waals surface area (Å²) in [6.45, 7) is 1.86. The van der Waals surface area contributed by atoms with E-state index in [9.17, 15) is 4.79 Å². The molecule has 4 aromatic rings. The van der Waals surface area contributed by atoms with Crippen LogP contribution < -0.4 is 15.4 Å². The van der Waals surface area contributed by atoms with Gasteiger partial charge in [-0.3, -0.25) is 9.78 Å². The summed E-state index contributed by atoms with van der Waals surface area (Å²) in [5.41, 5.74) is 3.66. The van der Waals surface area contributed by atoms with Crippen LogP contribution in [0.15, 0.2) is 89.5 Å². The molecular formula is C26H23ClN6O2S. The highest BCUT2D eigenvalue weighted by molar-refractivity contribution is 7.98. The molecule has 8 nitrogen and oxygen atoms in total. The van der Waals surface area contributed by atoms with E-state index >= 15 is 0 Å². The van der Waals surface area contributed by atoms with Crippen LogP contribution in [0.2, 0.25) is 5.02 Å². The highest BCUT2D eigenvalue weighted by Crippen LogP contribution is 2.37. The molecule has 1 aliphatic rings.